The second-order valence-electron chi connectivity index (χ2n) is 6.60. The van der Waals surface area contributed by atoms with E-state index in [2.05, 4.69) is 10.5 Å². The third-order valence-corrected chi connectivity index (χ3v) is 4.53. The zero-order valence-electron chi connectivity index (χ0n) is 17.3. The predicted octanol–water partition coefficient (Wildman–Crippen LogP) is 5.33. The van der Waals surface area contributed by atoms with E-state index in [4.69, 9.17) is 25.9 Å². The normalized spacial score (nSPS) is 10.8. The summed E-state index contributed by atoms with van der Waals surface area (Å²) in [5, 5.41) is 6.37. The Morgan fingerprint density at radius 1 is 1.03 bits per heavy atom. The van der Waals surface area contributed by atoms with Gasteiger partial charge in [0.05, 0.1) is 19.0 Å². The molecule has 0 radical (unpaired) electrons. The maximum Gasteiger partial charge on any atom is 0.265 e. The molecular weight excluding hydrogens is 461 g/mol. The van der Waals surface area contributed by atoms with Crippen molar-refractivity contribution in [3.63, 3.8) is 0 Å². The van der Waals surface area contributed by atoms with Gasteiger partial charge in [0, 0.05) is 10.6 Å². The lowest BCUT2D eigenvalue weighted by Gasteiger charge is -2.11. The van der Waals surface area contributed by atoms with Crippen LogP contribution in [-0.4, -0.2) is 25.8 Å². The Balaban J connectivity index is 1.52. The molecule has 0 aliphatic carbocycles. The first-order chi connectivity index (χ1) is 15.9. The fraction of sp³-hybridized carbons (Fsp3) is 0.130. The fourth-order valence-electron chi connectivity index (χ4n) is 2.63. The summed E-state index contributed by atoms with van der Waals surface area (Å²) in [7, 11) is 1.49. The molecule has 33 heavy (non-hydrogen) atoms. The first kappa shape index (κ1) is 23.9. The Bertz CT molecular complexity index is 1160. The van der Waals surface area contributed by atoms with Gasteiger partial charge in [-0.3, -0.25) is 4.79 Å². The third kappa shape index (κ3) is 6.63. The number of oxime groups is 1. The van der Waals surface area contributed by atoms with Crippen LogP contribution in [0.25, 0.3) is 0 Å². The number of hydrogen-bond donors (Lipinski definition) is 1. The Labute approximate surface area is 192 Å². The minimum absolute atomic E-state index is 0.317. The molecule has 0 saturated carbocycles. The molecule has 0 heterocycles. The van der Waals surface area contributed by atoms with Gasteiger partial charge in [-0.2, -0.15) is 0 Å². The van der Waals surface area contributed by atoms with Crippen LogP contribution in [-0.2, 0) is 16.2 Å². The predicted molar refractivity (Wildman–Crippen MR) is 117 cm³/mol. The second-order valence-corrected chi connectivity index (χ2v) is 7.04. The molecule has 0 unspecified atom stereocenters. The number of halogens is 4. The smallest absolute Gasteiger partial charge is 0.265 e. The van der Waals surface area contributed by atoms with E-state index < -0.39 is 35.7 Å². The summed E-state index contributed by atoms with van der Waals surface area (Å²) in [6.07, 6.45) is 1.33. The molecule has 3 aromatic carbocycles. The van der Waals surface area contributed by atoms with Crippen LogP contribution in [0.15, 0.2) is 59.8 Å². The highest BCUT2D eigenvalue weighted by molar-refractivity contribution is 6.30. The van der Waals surface area contributed by atoms with Crippen LogP contribution in [0, 0.1) is 17.5 Å². The zero-order valence-corrected chi connectivity index (χ0v) is 18.0. The Hall–Kier alpha value is -3.72. The highest BCUT2D eigenvalue weighted by Crippen LogP contribution is 2.28. The standard InChI is InChI=1S/C23H18ClF3N2O4/c1-31-20-10-15(4-9-19(20)32-12-14-2-5-16(24)6-3-14)11-28-33-13-21(30)29-18-8-7-17(25)22(26)23(18)27/h2-11H,12-13H2,1H3,(H,29,30)/b28-11+. The van der Waals surface area contributed by atoms with E-state index in [0.29, 0.717) is 34.8 Å². The summed E-state index contributed by atoms with van der Waals surface area (Å²) >= 11 is 5.87. The number of carbonyl (C=O) groups is 1. The van der Waals surface area contributed by atoms with Crippen molar-refractivity contribution >= 4 is 29.4 Å². The van der Waals surface area contributed by atoms with E-state index in [0.717, 1.165) is 11.6 Å². The maximum absolute atomic E-state index is 13.6. The number of benzene rings is 3. The second kappa shape index (κ2) is 11.2. The van der Waals surface area contributed by atoms with Crippen molar-refractivity contribution in [1.82, 2.24) is 0 Å². The number of nitrogens with zero attached hydrogens (tertiary/aromatic N) is 1. The van der Waals surface area contributed by atoms with Crippen molar-refractivity contribution in [3.8, 4) is 11.5 Å². The Morgan fingerprint density at radius 3 is 2.52 bits per heavy atom. The molecule has 3 aromatic rings. The number of ether oxygens (including phenoxy) is 2. The molecule has 10 heteroatoms. The van der Waals surface area contributed by atoms with Crippen molar-refractivity contribution in [3.05, 3.63) is 88.2 Å². The monoisotopic (exact) mass is 478 g/mol. The summed E-state index contributed by atoms with van der Waals surface area (Å²) in [6.45, 7) is -0.258. The molecule has 1 N–H and O–H groups in total. The minimum atomic E-state index is -1.68. The van der Waals surface area contributed by atoms with Gasteiger partial charge in [0.25, 0.3) is 5.91 Å². The summed E-state index contributed by atoms with van der Waals surface area (Å²) in [5.74, 6) is -4.37. The van der Waals surface area contributed by atoms with E-state index in [9.17, 15) is 18.0 Å². The number of rotatable bonds is 9. The summed E-state index contributed by atoms with van der Waals surface area (Å²) in [4.78, 5) is 16.7. The van der Waals surface area contributed by atoms with Crippen molar-refractivity contribution in [2.45, 2.75) is 6.61 Å². The first-order valence-corrected chi connectivity index (χ1v) is 9.89. The molecule has 0 aliphatic heterocycles. The van der Waals surface area contributed by atoms with Crippen LogP contribution in [0.3, 0.4) is 0 Å². The van der Waals surface area contributed by atoms with E-state index in [-0.39, 0.29) is 0 Å². The van der Waals surface area contributed by atoms with Crippen LogP contribution in [0.5, 0.6) is 11.5 Å². The lowest BCUT2D eigenvalue weighted by Crippen LogP contribution is -2.18. The number of carbonyl (C=O) groups excluding carboxylic acids is 1. The first-order valence-electron chi connectivity index (χ1n) is 9.51. The van der Waals surface area contributed by atoms with Gasteiger partial charge < -0.3 is 19.6 Å². The third-order valence-electron chi connectivity index (χ3n) is 4.28. The van der Waals surface area contributed by atoms with Gasteiger partial charge in [-0.05, 0) is 48.0 Å². The molecule has 6 nitrogen and oxygen atoms in total. The highest BCUT2D eigenvalue weighted by atomic mass is 35.5. The van der Waals surface area contributed by atoms with Crippen molar-refractivity contribution < 1.29 is 32.3 Å². The van der Waals surface area contributed by atoms with Crippen molar-refractivity contribution in [2.24, 2.45) is 5.16 Å². The van der Waals surface area contributed by atoms with Gasteiger partial charge in [0.2, 0.25) is 0 Å². The van der Waals surface area contributed by atoms with Gasteiger partial charge in [-0.1, -0.05) is 28.9 Å². The number of amides is 1. The summed E-state index contributed by atoms with van der Waals surface area (Å²) < 4.78 is 50.8. The molecule has 0 fully saturated rings. The average Bonchev–Trinajstić information content (AvgIpc) is 2.82. The lowest BCUT2D eigenvalue weighted by atomic mass is 10.2. The van der Waals surface area contributed by atoms with E-state index >= 15 is 0 Å². The molecule has 172 valence electrons. The average molecular weight is 479 g/mol. The van der Waals surface area contributed by atoms with Crippen LogP contribution in [0.4, 0.5) is 18.9 Å². The molecule has 0 spiro atoms. The minimum Gasteiger partial charge on any atom is -0.493 e. The summed E-state index contributed by atoms with van der Waals surface area (Å²) in [6, 6.07) is 13.9. The van der Waals surface area contributed by atoms with Crippen molar-refractivity contribution in [1.29, 1.82) is 0 Å². The van der Waals surface area contributed by atoms with Crippen LogP contribution >= 0.6 is 11.6 Å². The van der Waals surface area contributed by atoms with Gasteiger partial charge in [0.15, 0.2) is 35.6 Å². The number of hydrogen-bond acceptors (Lipinski definition) is 5. The maximum atomic E-state index is 13.6. The highest BCUT2D eigenvalue weighted by Gasteiger charge is 2.15. The Morgan fingerprint density at radius 2 is 1.79 bits per heavy atom. The summed E-state index contributed by atoms with van der Waals surface area (Å²) in [5.41, 5.74) is 1.02. The van der Waals surface area contributed by atoms with E-state index in [1.807, 2.05) is 12.1 Å². The molecule has 1 amide bonds. The van der Waals surface area contributed by atoms with Crippen LogP contribution in [0.2, 0.25) is 5.02 Å². The van der Waals surface area contributed by atoms with Crippen molar-refractivity contribution in [2.75, 3.05) is 19.0 Å². The quantitative estimate of drug-likeness (QED) is 0.256. The molecule has 3 rings (SSSR count). The van der Waals surface area contributed by atoms with Crippen LogP contribution in [0.1, 0.15) is 11.1 Å². The van der Waals surface area contributed by atoms with Gasteiger partial charge in [-0.15, -0.1) is 0 Å². The molecule has 0 aliphatic rings. The molecular formula is C23H18ClF3N2O4. The van der Waals surface area contributed by atoms with Crippen LogP contribution < -0.4 is 14.8 Å². The largest absolute Gasteiger partial charge is 0.493 e. The lowest BCUT2D eigenvalue weighted by molar-refractivity contribution is -0.120. The van der Waals surface area contributed by atoms with Gasteiger partial charge >= 0.3 is 0 Å². The zero-order chi connectivity index (χ0) is 23.8. The fourth-order valence-corrected chi connectivity index (χ4v) is 2.75. The molecule has 0 aromatic heterocycles. The topological polar surface area (TPSA) is 69.2 Å². The number of methoxy groups -OCH3 is 1. The van der Waals surface area contributed by atoms with E-state index in [1.165, 1.54) is 13.3 Å². The molecule has 0 atom stereocenters. The van der Waals surface area contributed by atoms with Gasteiger partial charge in [-0.25, -0.2) is 13.2 Å². The van der Waals surface area contributed by atoms with Gasteiger partial charge in [0.1, 0.15) is 6.61 Å². The number of nitrogens with one attached hydrogen (secondary N) is 1. The number of anilines is 1. The molecule has 0 saturated heterocycles. The van der Waals surface area contributed by atoms with E-state index in [1.54, 1.807) is 30.3 Å². The Kier molecular flexibility index (Phi) is 8.15. The SMILES string of the molecule is COc1cc(/C=N/OCC(=O)Nc2ccc(F)c(F)c2F)ccc1OCc1ccc(Cl)cc1. The molecule has 0 bridgehead atoms.